The monoisotopic (exact) mass is 484 g/mol. The fourth-order valence-electron chi connectivity index (χ4n) is 4.90. The Hall–Kier alpha value is -3.22. The van der Waals surface area contributed by atoms with Gasteiger partial charge in [0.25, 0.3) is 0 Å². The Bertz CT molecular complexity index is 1300. The molecule has 0 spiro atoms. The highest BCUT2D eigenvalue weighted by molar-refractivity contribution is 5.95. The van der Waals surface area contributed by atoms with E-state index in [1.165, 1.54) is 21.9 Å². The van der Waals surface area contributed by atoms with Crippen LogP contribution in [0.4, 0.5) is 5.82 Å². The van der Waals surface area contributed by atoms with Crippen molar-refractivity contribution in [2.24, 2.45) is 0 Å². The molecule has 0 bridgehead atoms. The second kappa shape index (κ2) is 11.7. The number of aromatic nitrogens is 2. The Kier molecular flexibility index (Phi) is 7.94. The maximum atomic E-state index is 6.10. The minimum Gasteiger partial charge on any atom is -0.462 e. The molecule has 5 rings (SSSR count). The van der Waals surface area contributed by atoms with Gasteiger partial charge >= 0.3 is 6.01 Å². The van der Waals surface area contributed by atoms with Crippen molar-refractivity contribution < 1.29 is 9.47 Å². The van der Waals surface area contributed by atoms with Crippen molar-refractivity contribution >= 4 is 27.5 Å². The fourth-order valence-corrected chi connectivity index (χ4v) is 4.90. The predicted molar refractivity (Wildman–Crippen MR) is 148 cm³/mol. The van der Waals surface area contributed by atoms with E-state index < -0.39 is 0 Å². The number of hydrogen-bond acceptors (Lipinski definition) is 6. The molecule has 1 fully saturated rings. The first-order valence-corrected chi connectivity index (χ1v) is 13.2. The minimum absolute atomic E-state index is 0.460. The predicted octanol–water partition coefficient (Wildman–Crippen LogP) is 5.79. The zero-order valence-corrected chi connectivity index (χ0v) is 21.4. The highest BCUT2D eigenvalue weighted by Crippen LogP contribution is 2.32. The molecule has 6 nitrogen and oxygen atoms in total. The second-order valence-electron chi connectivity index (χ2n) is 9.41. The summed E-state index contributed by atoms with van der Waals surface area (Å²) < 4.78 is 11.5. The Labute approximate surface area is 213 Å². The van der Waals surface area contributed by atoms with Crippen LogP contribution in [0.3, 0.4) is 0 Å². The molecule has 0 unspecified atom stereocenters. The molecule has 0 N–H and O–H groups in total. The van der Waals surface area contributed by atoms with Gasteiger partial charge in [0.1, 0.15) is 12.4 Å². The van der Waals surface area contributed by atoms with Crippen molar-refractivity contribution in [3.8, 4) is 17.1 Å². The summed E-state index contributed by atoms with van der Waals surface area (Å²) >= 11 is 0. The number of morpholine rings is 1. The number of anilines is 1. The summed E-state index contributed by atoms with van der Waals surface area (Å²) in [5.74, 6) is 0.965. The Balaban J connectivity index is 1.48. The van der Waals surface area contributed by atoms with Crippen LogP contribution in [0.1, 0.15) is 26.7 Å². The van der Waals surface area contributed by atoms with Crippen LogP contribution in [0.15, 0.2) is 60.7 Å². The van der Waals surface area contributed by atoms with Gasteiger partial charge in [0.15, 0.2) is 0 Å². The van der Waals surface area contributed by atoms with E-state index in [1.54, 1.807) is 0 Å². The lowest BCUT2D eigenvalue weighted by Crippen LogP contribution is -2.38. The van der Waals surface area contributed by atoms with Gasteiger partial charge in [-0.1, -0.05) is 56.3 Å². The molecule has 1 aliphatic heterocycles. The zero-order valence-electron chi connectivity index (χ0n) is 21.4. The molecule has 0 aliphatic carbocycles. The van der Waals surface area contributed by atoms with E-state index in [2.05, 4.69) is 84.3 Å². The summed E-state index contributed by atoms with van der Waals surface area (Å²) in [5, 5.41) is 3.57. The van der Waals surface area contributed by atoms with Crippen molar-refractivity contribution in [3.05, 3.63) is 60.7 Å². The molecule has 3 aromatic carbocycles. The van der Waals surface area contributed by atoms with Crippen LogP contribution in [0.25, 0.3) is 32.8 Å². The van der Waals surface area contributed by atoms with Gasteiger partial charge in [0.2, 0.25) is 0 Å². The van der Waals surface area contributed by atoms with E-state index in [4.69, 9.17) is 19.4 Å². The summed E-state index contributed by atoms with van der Waals surface area (Å²) in [6.07, 6.45) is 2.12. The molecule has 188 valence electrons. The highest BCUT2D eigenvalue weighted by atomic mass is 16.5. The molecule has 0 saturated carbocycles. The first-order valence-electron chi connectivity index (χ1n) is 13.2. The van der Waals surface area contributed by atoms with Crippen LogP contribution in [-0.4, -0.2) is 67.4 Å². The molecule has 4 aromatic rings. The lowest BCUT2D eigenvalue weighted by Gasteiger charge is -2.26. The highest BCUT2D eigenvalue weighted by Gasteiger charge is 2.17. The Morgan fingerprint density at radius 3 is 2.36 bits per heavy atom. The third-order valence-electron chi connectivity index (χ3n) is 6.77. The smallest absolute Gasteiger partial charge is 0.318 e. The van der Waals surface area contributed by atoms with Crippen molar-refractivity contribution in [1.82, 2.24) is 14.9 Å². The normalized spacial score (nSPS) is 14.4. The van der Waals surface area contributed by atoms with Crippen molar-refractivity contribution in [3.63, 3.8) is 0 Å². The van der Waals surface area contributed by atoms with Gasteiger partial charge in [-0.05, 0) is 52.9 Å². The second-order valence-corrected chi connectivity index (χ2v) is 9.41. The van der Waals surface area contributed by atoms with Gasteiger partial charge in [0, 0.05) is 38.1 Å². The maximum absolute atomic E-state index is 6.10. The van der Waals surface area contributed by atoms with Crippen LogP contribution in [0, 0.1) is 0 Å². The average Bonchev–Trinajstić information content (AvgIpc) is 2.92. The summed E-state index contributed by atoms with van der Waals surface area (Å²) in [6, 6.07) is 22.1. The molecule has 0 radical (unpaired) electrons. The molecular weight excluding hydrogens is 448 g/mol. The Morgan fingerprint density at radius 2 is 1.58 bits per heavy atom. The van der Waals surface area contributed by atoms with Crippen molar-refractivity contribution in [1.29, 1.82) is 0 Å². The molecule has 6 heteroatoms. The zero-order chi connectivity index (χ0) is 24.7. The van der Waals surface area contributed by atoms with E-state index >= 15 is 0 Å². The lowest BCUT2D eigenvalue weighted by molar-refractivity contribution is 0.0317. The number of hydrogen-bond donors (Lipinski definition) is 0. The van der Waals surface area contributed by atoms with Crippen LogP contribution in [0.2, 0.25) is 0 Å². The first kappa shape index (κ1) is 24.5. The molecule has 1 aliphatic rings. The van der Waals surface area contributed by atoms with E-state index in [0.717, 1.165) is 75.5 Å². The van der Waals surface area contributed by atoms with Crippen LogP contribution < -0.4 is 9.64 Å². The summed E-state index contributed by atoms with van der Waals surface area (Å²) in [5.41, 5.74) is 3.29. The van der Waals surface area contributed by atoms with Gasteiger partial charge in [0.05, 0.1) is 18.7 Å². The molecular formula is C30H36N4O2. The third kappa shape index (κ3) is 5.61. The maximum Gasteiger partial charge on any atom is 0.318 e. The number of nitrogens with zero attached hydrogens (tertiary/aromatic N) is 4. The standard InChI is InChI=1S/C30H36N4O2/c1-3-13-34(14-4-2)29-27-22-26(25-10-9-23-7-5-6-8-24(23)21-25)11-12-28(27)31-30(32-29)36-20-17-33-15-18-35-19-16-33/h5-12,21-22H,3-4,13-20H2,1-2H3. The number of benzene rings is 3. The lowest BCUT2D eigenvalue weighted by atomic mass is 10.00. The van der Waals surface area contributed by atoms with Gasteiger partial charge in [-0.15, -0.1) is 0 Å². The summed E-state index contributed by atoms with van der Waals surface area (Å²) in [7, 11) is 0. The summed E-state index contributed by atoms with van der Waals surface area (Å²) in [6.45, 7) is 11.2. The van der Waals surface area contributed by atoms with Gasteiger partial charge in [-0.2, -0.15) is 9.97 Å². The first-order chi connectivity index (χ1) is 17.7. The third-order valence-corrected chi connectivity index (χ3v) is 6.77. The summed E-state index contributed by atoms with van der Waals surface area (Å²) in [4.78, 5) is 14.5. The molecule has 2 heterocycles. The van der Waals surface area contributed by atoms with Crippen molar-refractivity contribution in [2.75, 3.05) is 57.4 Å². The number of ether oxygens (including phenoxy) is 2. The van der Waals surface area contributed by atoms with Gasteiger partial charge in [-0.25, -0.2) is 0 Å². The van der Waals surface area contributed by atoms with Crippen LogP contribution in [0.5, 0.6) is 6.01 Å². The van der Waals surface area contributed by atoms with Crippen LogP contribution >= 0.6 is 0 Å². The molecule has 36 heavy (non-hydrogen) atoms. The number of rotatable bonds is 10. The topological polar surface area (TPSA) is 50.7 Å². The van der Waals surface area contributed by atoms with E-state index in [-0.39, 0.29) is 0 Å². The SMILES string of the molecule is CCCN(CCC)c1nc(OCCN2CCOCC2)nc2ccc(-c3ccc4ccccc4c3)cc12. The molecule has 1 saturated heterocycles. The molecule has 1 aromatic heterocycles. The Morgan fingerprint density at radius 1 is 0.861 bits per heavy atom. The minimum atomic E-state index is 0.460. The average molecular weight is 485 g/mol. The van der Waals surface area contributed by atoms with Crippen molar-refractivity contribution in [2.45, 2.75) is 26.7 Å². The van der Waals surface area contributed by atoms with E-state index in [0.29, 0.717) is 12.6 Å². The molecule has 0 atom stereocenters. The van der Waals surface area contributed by atoms with Gasteiger partial charge < -0.3 is 14.4 Å². The fraction of sp³-hybridized carbons (Fsp3) is 0.400. The van der Waals surface area contributed by atoms with E-state index in [1.807, 2.05) is 0 Å². The van der Waals surface area contributed by atoms with Gasteiger partial charge in [-0.3, -0.25) is 4.90 Å². The number of fused-ring (bicyclic) bond motifs is 2. The quantitative estimate of drug-likeness (QED) is 0.284. The largest absolute Gasteiger partial charge is 0.462 e. The molecule has 0 amide bonds. The van der Waals surface area contributed by atoms with E-state index in [9.17, 15) is 0 Å². The van der Waals surface area contributed by atoms with Crippen LogP contribution in [-0.2, 0) is 4.74 Å².